The van der Waals surface area contributed by atoms with Crippen molar-refractivity contribution in [2.45, 2.75) is 25.4 Å². The van der Waals surface area contributed by atoms with E-state index in [1.165, 1.54) is 32.0 Å². The van der Waals surface area contributed by atoms with Gasteiger partial charge in [-0.25, -0.2) is 0 Å². The Morgan fingerprint density at radius 3 is 2.60 bits per heavy atom. The van der Waals surface area contributed by atoms with Crippen LogP contribution in [-0.4, -0.2) is 19.5 Å². The minimum atomic E-state index is -4.48. The van der Waals surface area contributed by atoms with Crippen LogP contribution in [0.25, 0.3) is 0 Å². The van der Waals surface area contributed by atoms with Crippen LogP contribution in [0.1, 0.15) is 35.2 Å². The van der Waals surface area contributed by atoms with E-state index in [1.54, 1.807) is 0 Å². The van der Waals surface area contributed by atoms with Gasteiger partial charge in [-0.05, 0) is 30.5 Å². The van der Waals surface area contributed by atoms with Gasteiger partial charge in [0.1, 0.15) is 0 Å². The maximum absolute atomic E-state index is 12.9. The van der Waals surface area contributed by atoms with Gasteiger partial charge in [0.05, 0.1) is 5.56 Å². The zero-order chi connectivity index (χ0) is 14.8. The molecule has 6 heteroatoms. The Kier molecular flexibility index (Phi) is 4.20. The van der Waals surface area contributed by atoms with Gasteiger partial charge in [0.15, 0.2) is 0 Å². The predicted octanol–water partition coefficient (Wildman–Crippen LogP) is 3.28. The summed E-state index contributed by atoms with van der Waals surface area (Å²) in [6, 6.07) is 3.56. The molecular formula is C14H17F3N2O. The number of carbonyl (C=O) groups is 1. The Bertz CT molecular complexity index is 496. The van der Waals surface area contributed by atoms with Crippen molar-refractivity contribution >= 4 is 11.6 Å². The van der Waals surface area contributed by atoms with E-state index in [0.29, 0.717) is 12.5 Å². The Hall–Kier alpha value is -1.72. The van der Waals surface area contributed by atoms with E-state index in [-0.39, 0.29) is 11.3 Å². The molecule has 0 saturated heterocycles. The van der Waals surface area contributed by atoms with Gasteiger partial charge in [0, 0.05) is 24.8 Å². The predicted molar refractivity (Wildman–Crippen MR) is 70.7 cm³/mol. The molecule has 0 unspecified atom stereocenters. The third-order valence-electron chi connectivity index (χ3n) is 3.39. The van der Waals surface area contributed by atoms with Gasteiger partial charge < -0.3 is 10.6 Å². The molecule has 0 radical (unpaired) electrons. The number of anilines is 1. The maximum atomic E-state index is 12.9. The maximum Gasteiger partial charge on any atom is 0.418 e. The lowest BCUT2D eigenvalue weighted by molar-refractivity contribution is -0.136. The second-order valence-corrected chi connectivity index (χ2v) is 5.00. The van der Waals surface area contributed by atoms with E-state index in [4.69, 9.17) is 0 Å². The summed E-state index contributed by atoms with van der Waals surface area (Å²) in [5.74, 6) is 0.214. The molecule has 0 bridgehead atoms. The van der Waals surface area contributed by atoms with E-state index >= 15 is 0 Å². The lowest BCUT2D eigenvalue weighted by Gasteiger charge is -2.14. The molecule has 20 heavy (non-hydrogen) atoms. The van der Waals surface area contributed by atoms with Crippen LogP contribution < -0.4 is 10.6 Å². The van der Waals surface area contributed by atoms with Gasteiger partial charge in [0.25, 0.3) is 5.91 Å². The quantitative estimate of drug-likeness (QED) is 0.872. The van der Waals surface area contributed by atoms with Gasteiger partial charge >= 0.3 is 6.18 Å². The lowest BCUT2D eigenvalue weighted by Crippen LogP contribution is -2.25. The van der Waals surface area contributed by atoms with Crippen LogP contribution in [0.4, 0.5) is 18.9 Å². The van der Waals surface area contributed by atoms with Gasteiger partial charge in [-0.2, -0.15) is 13.2 Å². The fraction of sp³-hybridized carbons (Fsp3) is 0.500. The summed E-state index contributed by atoms with van der Waals surface area (Å²) in [4.78, 5) is 11.8. The van der Waals surface area contributed by atoms with Crippen molar-refractivity contribution in [2.24, 2.45) is 5.92 Å². The summed E-state index contributed by atoms with van der Waals surface area (Å²) in [7, 11) is 1.42. The van der Waals surface area contributed by atoms with Crippen molar-refractivity contribution in [3.63, 3.8) is 0 Å². The van der Waals surface area contributed by atoms with Crippen LogP contribution in [0.15, 0.2) is 18.2 Å². The van der Waals surface area contributed by atoms with Crippen LogP contribution in [0.5, 0.6) is 0 Å². The molecule has 1 amide bonds. The minimum absolute atomic E-state index is 0.0344. The molecule has 1 fully saturated rings. The number of alkyl halides is 3. The fourth-order valence-electron chi connectivity index (χ4n) is 2.04. The first-order valence-corrected chi connectivity index (χ1v) is 6.59. The Labute approximate surface area is 115 Å². The van der Waals surface area contributed by atoms with Crippen molar-refractivity contribution < 1.29 is 18.0 Å². The molecular weight excluding hydrogens is 269 g/mol. The van der Waals surface area contributed by atoms with Gasteiger partial charge in [-0.15, -0.1) is 0 Å². The monoisotopic (exact) mass is 286 g/mol. The molecule has 3 nitrogen and oxygen atoms in total. The number of hydrogen-bond donors (Lipinski definition) is 2. The molecule has 0 atom stereocenters. The van der Waals surface area contributed by atoms with Crippen molar-refractivity contribution in [3.05, 3.63) is 29.3 Å². The summed E-state index contributed by atoms with van der Waals surface area (Å²) < 4.78 is 38.6. The first-order valence-electron chi connectivity index (χ1n) is 6.59. The van der Waals surface area contributed by atoms with E-state index in [0.717, 1.165) is 12.5 Å². The summed E-state index contributed by atoms with van der Waals surface area (Å²) in [6.07, 6.45) is -1.22. The second-order valence-electron chi connectivity index (χ2n) is 5.00. The number of carbonyl (C=O) groups excluding carboxylic acids is 1. The van der Waals surface area contributed by atoms with Crippen LogP contribution in [0, 0.1) is 5.92 Å². The second kappa shape index (κ2) is 5.73. The first kappa shape index (κ1) is 14.7. The van der Waals surface area contributed by atoms with Gasteiger partial charge in [0.2, 0.25) is 0 Å². The number of rotatable bonds is 5. The molecule has 1 saturated carbocycles. The SMILES string of the molecule is CNc1ccc(C(=O)NCCC2CC2)cc1C(F)(F)F. The largest absolute Gasteiger partial charge is 0.418 e. The standard InChI is InChI=1S/C14H17F3N2O/c1-18-12-5-4-10(8-11(12)14(15,16)17)13(20)19-7-6-9-2-3-9/h4-5,8-9,18H,2-3,6-7H2,1H3,(H,19,20). The molecule has 0 spiro atoms. The number of hydrogen-bond acceptors (Lipinski definition) is 2. The molecule has 1 aromatic rings. The average Bonchev–Trinajstić information content (AvgIpc) is 3.21. The molecule has 1 aliphatic carbocycles. The number of benzene rings is 1. The smallest absolute Gasteiger partial charge is 0.388 e. The molecule has 2 rings (SSSR count). The molecule has 110 valence electrons. The van der Waals surface area contributed by atoms with Crippen LogP contribution >= 0.6 is 0 Å². The number of amides is 1. The van der Waals surface area contributed by atoms with E-state index in [2.05, 4.69) is 10.6 Å². The van der Waals surface area contributed by atoms with Gasteiger partial charge in [-0.1, -0.05) is 12.8 Å². The Morgan fingerprint density at radius 1 is 1.35 bits per heavy atom. The Morgan fingerprint density at radius 2 is 2.05 bits per heavy atom. The normalized spacial score (nSPS) is 15.0. The lowest BCUT2D eigenvalue weighted by atomic mass is 10.1. The van der Waals surface area contributed by atoms with Crippen molar-refractivity contribution in [3.8, 4) is 0 Å². The Balaban J connectivity index is 2.08. The first-order chi connectivity index (χ1) is 9.41. The fourth-order valence-corrected chi connectivity index (χ4v) is 2.04. The van der Waals surface area contributed by atoms with Gasteiger partial charge in [-0.3, -0.25) is 4.79 Å². The van der Waals surface area contributed by atoms with Crippen molar-refractivity contribution in [2.75, 3.05) is 18.9 Å². The van der Waals surface area contributed by atoms with E-state index < -0.39 is 17.6 Å². The highest BCUT2D eigenvalue weighted by atomic mass is 19.4. The van der Waals surface area contributed by atoms with E-state index in [1.807, 2.05) is 0 Å². The summed E-state index contributed by atoms with van der Waals surface area (Å²) in [5, 5.41) is 5.14. The van der Waals surface area contributed by atoms with Crippen molar-refractivity contribution in [1.82, 2.24) is 5.32 Å². The number of halogens is 3. The third-order valence-corrected chi connectivity index (χ3v) is 3.39. The van der Waals surface area contributed by atoms with Crippen molar-refractivity contribution in [1.29, 1.82) is 0 Å². The van der Waals surface area contributed by atoms with E-state index in [9.17, 15) is 18.0 Å². The minimum Gasteiger partial charge on any atom is -0.388 e. The zero-order valence-corrected chi connectivity index (χ0v) is 11.2. The third kappa shape index (κ3) is 3.65. The number of nitrogens with one attached hydrogen (secondary N) is 2. The zero-order valence-electron chi connectivity index (χ0n) is 11.2. The summed E-state index contributed by atoms with van der Waals surface area (Å²) in [6.45, 7) is 0.513. The molecule has 1 aliphatic rings. The average molecular weight is 286 g/mol. The topological polar surface area (TPSA) is 41.1 Å². The summed E-state index contributed by atoms with van der Waals surface area (Å²) >= 11 is 0. The molecule has 0 aromatic heterocycles. The molecule has 0 heterocycles. The summed E-state index contributed by atoms with van der Waals surface area (Å²) in [5.41, 5.74) is -0.825. The molecule has 2 N–H and O–H groups in total. The van der Waals surface area contributed by atoms with Crippen LogP contribution in [0.3, 0.4) is 0 Å². The highest BCUT2D eigenvalue weighted by Gasteiger charge is 2.34. The molecule has 1 aromatic carbocycles. The molecule has 0 aliphatic heterocycles. The highest BCUT2D eigenvalue weighted by molar-refractivity contribution is 5.95. The van der Waals surface area contributed by atoms with Crippen LogP contribution in [0.2, 0.25) is 0 Å². The van der Waals surface area contributed by atoms with Crippen LogP contribution in [-0.2, 0) is 6.18 Å². The highest BCUT2D eigenvalue weighted by Crippen LogP contribution is 2.35.